The molecule has 1 saturated heterocycles. The van der Waals surface area contributed by atoms with Crippen molar-refractivity contribution in [1.82, 2.24) is 10.2 Å². The molecular weight excluding hydrogens is 321 g/mol. The molecule has 2 aliphatic rings. The lowest BCUT2D eigenvalue weighted by Crippen LogP contribution is -2.37. The molecule has 3 rings (SSSR count). The van der Waals surface area contributed by atoms with E-state index in [4.69, 9.17) is 4.74 Å². The molecule has 2 fully saturated rings. The molecule has 0 bridgehead atoms. The summed E-state index contributed by atoms with van der Waals surface area (Å²) in [5.41, 5.74) is 0.0910. The molecule has 0 unspecified atom stereocenters. The van der Waals surface area contributed by atoms with E-state index in [1.54, 1.807) is 7.11 Å². The molecule has 2 atom stereocenters. The number of methoxy groups -OCH3 is 1. The van der Waals surface area contributed by atoms with E-state index >= 15 is 0 Å². The van der Waals surface area contributed by atoms with E-state index in [1.807, 2.05) is 4.90 Å². The average Bonchev–Trinajstić information content (AvgIpc) is 3.24. The van der Waals surface area contributed by atoms with Crippen molar-refractivity contribution in [2.24, 2.45) is 11.8 Å². The van der Waals surface area contributed by atoms with Gasteiger partial charge in [0.05, 0.1) is 12.5 Å². The maximum absolute atomic E-state index is 13.8. The number of nitrogens with zero attached hydrogens (tertiary/aromatic N) is 1. The number of ether oxygens (including phenoxy) is 1. The van der Waals surface area contributed by atoms with Crippen LogP contribution in [0.3, 0.4) is 0 Å². The molecule has 132 valence electrons. The van der Waals surface area contributed by atoms with Crippen molar-refractivity contribution in [3.05, 3.63) is 35.1 Å². The first-order valence-electron chi connectivity index (χ1n) is 8.13. The molecule has 0 spiro atoms. The van der Waals surface area contributed by atoms with Crippen molar-refractivity contribution in [3.63, 3.8) is 0 Å². The van der Waals surface area contributed by atoms with Gasteiger partial charge in [0.15, 0.2) is 11.6 Å². The second-order valence-electron chi connectivity index (χ2n) is 6.66. The number of rotatable bonds is 6. The van der Waals surface area contributed by atoms with Crippen LogP contribution < -0.4 is 5.32 Å². The summed E-state index contributed by atoms with van der Waals surface area (Å²) in [5, 5.41) is 2.99. The standard InChI is InChI=1S/C17H21F3N2O2/c1-24-9-11-7-22(8-13(11)17(23)21-12-2-3-12)6-10-4-15(19)16(20)5-14(10)18/h4-5,11-13H,2-3,6-9H2,1H3,(H,21,23)/t11-,13+/m0/s1. The maximum Gasteiger partial charge on any atom is 0.225 e. The number of hydrogen-bond donors (Lipinski definition) is 1. The van der Waals surface area contributed by atoms with E-state index in [0.717, 1.165) is 18.9 Å². The first-order valence-corrected chi connectivity index (χ1v) is 8.13. The van der Waals surface area contributed by atoms with E-state index in [1.165, 1.54) is 0 Å². The second kappa shape index (κ2) is 7.11. The fourth-order valence-corrected chi connectivity index (χ4v) is 3.23. The van der Waals surface area contributed by atoms with Gasteiger partial charge in [-0.05, 0) is 18.9 Å². The smallest absolute Gasteiger partial charge is 0.225 e. The van der Waals surface area contributed by atoms with E-state index in [2.05, 4.69) is 5.32 Å². The Bertz CT molecular complexity index is 622. The van der Waals surface area contributed by atoms with Crippen LogP contribution in [0.4, 0.5) is 13.2 Å². The summed E-state index contributed by atoms with van der Waals surface area (Å²) in [7, 11) is 1.58. The molecular formula is C17H21F3N2O2. The topological polar surface area (TPSA) is 41.6 Å². The lowest BCUT2D eigenvalue weighted by Gasteiger charge is -2.17. The summed E-state index contributed by atoms with van der Waals surface area (Å²) in [6.07, 6.45) is 2.02. The lowest BCUT2D eigenvalue weighted by atomic mass is 9.96. The predicted octanol–water partition coefficient (Wildman–Crippen LogP) is 2.08. The molecule has 4 nitrogen and oxygen atoms in total. The van der Waals surface area contributed by atoms with Gasteiger partial charge >= 0.3 is 0 Å². The Morgan fingerprint density at radius 3 is 2.58 bits per heavy atom. The highest BCUT2D eigenvalue weighted by atomic mass is 19.2. The van der Waals surface area contributed by atoms with E-state index < -0.39 is 17.5 Å². The number of carbonyl (C=O) groups is 1. The molecule has 0 radical (unpaired) electrons. The first kappa shape index (κ1) is 17.2. The van der Waals surface area contributed by atoms with Crippen LogP contribution >= 0.6 is 0 Å². The minimum absolute atomic E-state index is 0.00195. The van der Waals surface area contributed by atoms with Crippen LogP contribution in [-0.2, 0) is 16.1 Å². The van der Waals surface area contributed by atoms with Gasteiger partial charge in [0.25, 0.3) is 0 Å². The molecule has 1 aromatic rings. The highest BCUT2D eigenvalue weighted by molar-refractivity contribution is 5.80. The van der Waals surface area contributed by atoms with Gasteiger partial charge in [-0.3, -0.25) is 9.69 Å². The zero-order valence-corrected chi connectivity index (χ0v) is 13.5. The monoisotopic (exact) mass is 342 g/mol. The molecule has 1 aliphatic heterocycles. The largest absolute Gasteiger partial charge is 0.384 e. The minimum Gasteiger partial charge on any atom is -0.384 e. The Hall–Kier alpha value is -1.60. The number of amides is 1. The van der Waals surface area contributed by atoms with Crippen molar-refractivity contribution in [1.29, 1.82) is 0 Å². The fourth-order valence-electron chi connectivity index (χ4n) is 3.23. The highest BCUT2D eigenvalue weighted by Gasteiger charge is 2.39. The average molecular weight is 342 g/mol. The van der Waals surface area contributed by atoms with Gasteiger partial charge in [-0.1, -0.05) is 0 Å². The third-order valence-corrected chi connectivity index (χ3v) is 4.64. The third kappa shape index (κ3) is 3.89. The van der Waals surface area contributed by atoms with Crippen molar-refractivity contribution < 1.29 is 22.7 Å². The summed E-state index contributed by atoms with van der Waals surface area (Å²) in [5.74, 6) is -3.28. The highest BCUT2D eigenvalue weighted by Crippen LogP contribution is 2.28. The van der Waals surface area contributed by atoms with E-state index in [9.17, 15) is 18.0 Å². The second-order valence-corrected chi connectivity index (χ2v) is 6.66. The third-order valence-electron chi connectivity index (χ3n) is 4.64. The van der Waals surface area contributed by atoms with Crippen LogP contribution in [0.25, 0.3) is 0 Å². The quantitative estimate of drug-likeness (QED) is 0.805. The van der Waals surface area contributed by atoms with E-state index in [-0.39, 0.29) is 35.9 Å². The molecule has 1 amide bonds. The molecule has 0 aromatic heterocycles. The summed E-state index contributed by atoms with van der Waals surface area (Å²) in [6.45, 7) is 1.57. The van der Waals surface area contributed by atoms with Gasteiger partial charge in [-0.2, -0.15) is 0 Å². The Kier molecular flexibility index (Phi) is 5.10. The number of hydrogen-bond acceptors (Lipinski definition) is 3. The van der Waals surface area contributed by atoms with Crippen molar-refractivity contribution in [2.75, 3.05) is 26.8 Å². The normalized spacial score (nSPS) is 24.3. The number of nitrogens with one attached hydrogen (secondary N) is 1. The molecule has 1 aliphatic carbocycles. The van der Waals surface area contributed by atoms with Crippen LogP contribution in [0.2, 0.25) is 0 Å². The van der Waals surface area contributed by atoms with Crippen LogP contribution in [0.15, 0.2) is 12.1 Å². The Balaban J connectivity index is 1.68. The zero-order chi connectivity index (χ0) is 17.3. The van der Waals surface area contributed by atoms with Gasteiger partial charge in [-0.15, -0.1) is 0 Å². The molecule has 1 heterocycles. The van der Waals surface area contributed by atoms with Gasteiger partial charge < -0.3 is 10.1 Å². The van der Waals surface area contributed by atoms with E-state index in [0.29, 0.717) is 25.8 Å². The summed E-state index contributed by atoms with van der Waals surface area (Å²) < 4.78 is 45.4. The van der Waals surface area contributed by atoms with Gasteiger partial charge in [0.1, 0.15) is 5.82 Å². The molecule has 24 heavy (non-hydrogen) atoms. The number of likely N-dealkylation sites (tertiary alicyclic amines) is 1. The Labute approximate surface area is 139 Å². The summed E-state index contributed by atoms with van der Waals surface area (Å²) >= 11 is 0. The number of halogens is 3. The predicted molar refractivity (Wildman–Crippen MR) is 81.6 cm³/mol. The molecule has 1 aromatic carbocycles. The molecule has 1 saturated carbocycles. The summed E-state index contributed by atoms with van der Waals surface area (Å²) in [4.78, 5) is 14.3. The van der Waals surface area contributed by atoms with Crippen LogP contribution in [-0.4, -0.2) is 43.7 Å². The van der Waals surface area contributed by atoms with Crippen molar-refractivity contribution in [3.8, 4) is 0 Å². The van der Waals surface area contributed by atoms with Crippen LogP contribution in [0.1, 0.15) is 18.4 Å². The molecule has 7 heteroatoms. The maximum atomic E-state index is 13.8. The van der Waals surface area contributed by atoms with Crippen LogP contribution in [0, 0.1) is 29.3 Å². The number of benzene rings is 1. The van der Waals surface area contributed by atoms with Gasteiger partial charge in [0.2, 0.25) is 5.91 Å². The van der Waals surface area contributed by atoms with Crippen molar-refractivity contribution in [2.45, 2.75) is 25.4 Å². The SMILES string of the molecule is COC[C@@H]1CN(Cc2cc(F)c(F)cc2F)C[C@H]1C(=O)NC1CC1. The van der Waals surface area contributed by atoms with Gasteiger partial charge in [-0.25, -0.2) is 13.2 Å². The Morgan fingerprint density at radius 2 is 1.92 bits per heavy atom. The molecule has 1 N–H and O–H groups in total. The number of carbonyl (C=O) groups excluding carboxylic acids is 1. The fraction of sp³-hybridized carbons (Fsp3) is 0.588. The zero-order valence-electron chi connectivity index (χ0n) is 13.5. The minimum atomic E-state index is -1.20. The lowest BCUT2D eigenvalue weighted by molar-refractivity contribution is -0.126. The van der Waals surface area contributed by atoms with Gasteiger partial charge in [0, 0.05) is 50.3 Å². The van der Waals surface area contributed by atoms with Crippen LogP contribution in [0.5, 0.6) is 0 Å². The van der Waals surface area contributed by atoms with Crippen molar-refractivity contribution >= 4 is 5.91 Å². The summed E-state index contributed by atoms with van der Waals surface area (Å²) in [6, 6.07) is 1.72. The first-order chi connectivity index (χ1) is 11.5. The Morgan fingerprint density at radius 1 is 1.21 bits per heavy atom.